The first-order valence-electron chi connectivity index (χ1n) is 20.5. The number of carboxylic acid groups (broad SMARTS) is 1. The van der Waals surface area contributed by atoms with E-state index in [9.17, 15) is 9.90 Å². The smallest absolute Gasteiger partial charge is 0.307 e. The van der Waals surface area contributed by atoms with Crippen LogP contribution < -0.4 is 5.73 Å². The minimum atomic E-state index is -0.620. The van der Waals surface area contributed by atoms with Gasteiger partial charge in [0.15, 0.2) is 5.82 Å². The third kappa shape index (κ3) is 5.49. The third-order valence-corrected chi connectivity index (χ3v) is 17.3. The number of allylic oxidation sites excluding steroid dienone is 1. The van der Waals surface area contributed by atoms with E-state index in [1.165, 1.54) is 5.57 Å². The molecule has 1 aromatic heterocycles. The summed E-state index contributed by atoms with van der Waals surface area (Å²) < 4.78 is 16.2. The molecule has 4 aliphatic carbocycles. The van der Waals surface area contributed by atoms with E-state index < -0.39 is 17.4 Å². The van der Waals surface area contributed by atoms with Gasteiger partial charge in [-0.15, -0.1) is 0 Å². The predicted octanol–water partition coefficient (Wildman–Crippen LogP) is 9.22. The fourth-order valence-electron chi connectivity index (χ4n) is 12.9. The molecule has 2 heterocycles. The van der Waals surface area contributed by atoms with Crippen LogP contribution in [0.2, 0.25) is 0 Å². The fourth-order valence-corrected chi connectivity index (χ4v) is 12.9. The highest BCUT2D eigenvalue weighted by Gasteiger charge is 2.72. The first-order valence-corrected chi connectivity index (χ1v) is 20.5. The molecule has 0 amide bonds. The second kappa shape index (κ2) is 12.7. The molecule has 5 aliphatic rings. The van der Waals surface area contributed by atoms with Gasteiger partial charge < -0.3 is 20.3 Å². The van der Waals surface area contributed by atoms with Gasteiger partial charge in [0.2, 0.25) is 0 Å². The van der Waals surface area contributed by atoms with Gasteiger partial charge in [0.05, 0.1) is 37.9 Å². The molecular formula is C45H68N4O4. The van der Waals surface area contributed by atoms with Crippen LogP contribution in [-0.4, -0.2) is 57.3 Å². The van der Waals surface area contributed by atoms with E-state index in [0.717, 1.165) is 49.9 Å². The van der Waals surface area contributed by atoms with Crippen LogP contribution in [0.25, 0.3) is 11.4 Å². The fraction of sp³-hybridized carbons (Fsp3) is 0.756. The molecule has 1 unspecified atom stereocenters. The maximum Gasteiger partial charge on any atom is 0.307 e. The van der Waals surface area contributed by atoms with E-state index in [4.69, 9.17) is 25.3 Å². The van der Waals surface area contributed by atoms with Crippen molar-refractivity contribution in [1.82, 2.24) is 14.8 Å². The Kier molecular flexibility index (Phi) is 9.31. The number of hydrogen-bond donors (Lipinski definition) is 2. The number of benzene rings is 1. The number of nitrogens with zero attached hydrogens (tertiary/aromatic N) is 3. The standard InChI is InChI=1S/C45H68N4O4/c1-28(2)29(3)40(7)21-22-42(9)31-17-18-34-41(8)24-52-26-45(34,32(31)19-20-43(42,10)35(40)38(50)51)23-33(36(41)53-25-44(11,46)39(4,5)6)49-37(47-27-48-49)30-15-13-12-14-16-30/h12-16,19,27-29,31,33-36H,17-18,20-26,46H2,1-11H3,(H,50,51)/t29-,31+,33-,34+,35-,36+,40-,41?,42-,43+,44+,45+/m1/s1. The van der Waals surface area contributed by atoms with E-state index in [0.29, 0.717) is 43.5 Å². The highest BCUT2D eigenvalue weighted by atomic mass is 16.5. The highest BCUT2D eigenvalue weighted by Crippen LogP contribution is 2.75. The zero-order chi connectivity index (χ0) is 38.6. The van der Waals surface area contributed by atoms with Crippen molar-refractivity contribution in [2.75, 3.05) is 19.8 Å². The van der Waals surface area contributed by atoms with Gasteiger partial charge in [0.1, 0.15) is 6.33 Å². The SMILES string of the molecule is CC(C)[C@@H](C)[C@@]1(C)CC[C@]2(C)[C@H]3CC[C@H]4C5(C)COC[C@@]4(C[C@@H](n4ncnc4-c4ccccc4)[C@@H]5OC[C@](C)(N)C(C)(C)C)C3=CC[C@@]2(C)[C@@H]1C(=O)O. The minimum Gasteiger partial charge on any atom is -0.481 e. The van der Waals surface area contributed by atoms with Crippen molar-refractivity contribution in [3.63, 3.8) is 0 Å². The lowest BCUT2D eigenvalue weighted by molar-refractivity contribution is -0.253. The summed E-state index contributed by atoms with van der Waals surface area (Å²) in [7, 11) is 0. The van der Waals surface area contributed by atoms with Crippen molar-refractivity contribution in [3.8, 4) is 11.4 Å². The van der Waals surface area contributed by atoms with Crippen molar-refractivity contribution >= 4 is 5.97 Å². The van der Waals surface area contributed by atoms with Gasteiger partial charge in [-0.05, 0) is 90.8 Å². The molecule has 1 saturated heterocycles. The molecule has 1 aromatic carbocycles. The molecule has 8 nitrogen and oxygen atoms in total. The molecule has 12 atom stereocenters. The lowest BCUT2D eigenvalue weighted by atomic mass is 9.34. The molecular weight excluding hydrogens is 661 g/mol. The minimum absolute atomic E-state index is 0.0947. The molecule has 0 spiro atoms. The Hall–Kier alpha value is -2.55. The quantitative estimate of drug-likeness (QED) is 0.261. The maximum atomic E-state index is 13.6. The lowest BCUT2D eigenvalue weighted by Crippen LogP contribution is -2.69. The summed E-state index contributed by atoms with van der Waals surface area (Å²) in [6, 6.07) is 10.3. The molecule has 3 N–H and O–H groups in total. The molecule has 2 bridgehead atoms. The lowest BCUT2D eigenvalue weighted by Gasteiger charge is -2.71. The second-order valence-corrected chi connectivity index (χ2v) is 20.9. The van der Waals surface area contributed by atoms with E-state index in [1.54, 1.807) is 6.33 Å². The van der Waals surface area contributed by atoms with Crippen molar-refractivity contribution in [1.29, 1.82) is 0 Å². The van der Waals surface area contributed by atoms with Gasteiger partial charge in [-0.2, -0.15) is 5.10 Å². The first-order chi connectivity index (χ1) is 24.7. The summed E-state index contributed by atoms with van der Waals surface area (Å²) in [6.07, 6.45) is 9.75. The van der Waals surface area contributed by atoms with Crippen LogP contribution in [0.3, 0.4) is 0 Å². The number of carboxylic acids is 1. The van der Waals surface area contributed by atoms with Crippen LogP contribution in [0.1, 0.15) is 121 Å². The van der Waals surface area contributed by atoms with Crippen molar-refractivity contribution in [3.05, 3.63) is 48.3 Å². The van der Waals surface area contributed by atoms with Crippen molar-refractivity contribution in [2.24, 2.45) is 67.8 Å². The van der Waals surface area contributed by atoms with Gasteiger partial charge >= 0.3 is 5.97 Å². The topological polar surface area (TPSA) is 112 Å². The molecule has 7 rings (SSSR count). The molecule has 4 fully saturated rings. The average molecular weight is 729 g/mol. The number of ether oxygens (including phenoxy) is 2. The number of hydrogen-bond acceptors (Lipinski definition) is 6. The maximum absolute atomic E-state index is 13.6. The number of carbonyl (C=O) groups is 1. The second-order valence-electron chi connectivity index (χ2n) is 20.9. The Morgan fingerprint density at radius 1 is 1.04 bits per heavy atom. The van der Waals surface area contributed by atoms with E-state index in [1.807, 2.05) is 6.07 Å². The van der Waals surface area contributed by atoms with Gasteiger partial charge in [-0.3, -0.25) is 4.79 Å². The van der Waals surface area contributed by atoms with Gasteiger partial charge in [-0.25, -0.2) is 9.67 Å². The summed E-state index contributed by atoms with van der Waals surface area (Å²) in [5.74, 6) is 1.19. The van der Waals surface area contributed by atoms with Crippen LogP contribution in [0, 0.1) is 62.1 Å². The molecule has 0 radical (unpaired) electrons. The number of rotatable bonds is 8. The molecule has 292 valence electrons. The van der Waals surface area contributed by atoms with Gasteiger partial charge in [-0.1, -0.05) is 111 Å². The molecule has 53 heavy (non-hydrogen) atoms. The van der Waals surface area contributed by atoms with Gasteiger partial charge in [0.25, 0.3) is 0 Å². The van der Waals surface area contributed by atoms with Crippen LogP contribution in [0.4, 0.5) is 0 Å². The predicted molar refractivity (Wildman–Crippen MR) is 210 cm³/mol. The highest BCUT2D eigenvalue weighted by molar-refractivity contribution is 5.73. The Morgan fingerprint density at radius 2 is 1.74 bits per heavy atom. The number of nitrogens with two attached hydrogens (primary N) is 1. The Morgan fingerprint density at radius 3 is 2.38 bits per heavy atom. The summed E-state index contributed by atoms with van der Waals surface area (Å²) in [5.41, 5.74) is 7.57. The summed E-state index contributed by atoms with van der Waals surface area (Å²) in [5, 5.41) is 16.1. The van der Waals surface area contributed by atoms with E-state index in [-0.39, 0.29) is 44.6 Å². The number of aromatic nitrogens is 3. The van der Waals surface area contributed by atoms with Crippen molar-refractivity contribution < 1.29 is 19.4 Å². The molecule has 1 aliphatic heterocycles. The average Bonchev–Trinajstić information content (AvgIpc) is 3.57. The Labute approximate surface area is 319 Å². The van der Waals surface area contributed by atoms with E-state index >= 15 is 0 Å². The zero-order valence-electron chi connectivity index (χ0n) is 34.5. The molecule has 8 heteroatoms. The largest absolute Gasteiger partial charge is 0.481 e. The summed E-state index contributed by atoms with van der Waals surface area (Å²) in [4.78, 5) is 18.4. The monoisotopic (exact) mass is 729 g/mol. The van der Waals surface area contributed by atoms with E-state index in [2.05, 4.69) is 111 Å². The van der Waals surface area contributed by atoms with Gasteiger partial charge in [0, 0.05) is 21.9 Å². The number of aliphatic carboxylic acids is 1. The first kappa shape index (κ1) is 38.7. The van der Waals surface area contributed by atoms with Crippen molar-refractivity contribution in [2.45, 2.75) is 132 Å². The summed E-state index contributed by atoms with van der Waals surface area (Å²) in [6.45, 7) is 26.7. The van der Waals surface area contributed by atoms with Crippen LogP contribution in [-0.2, 0) is 14.3 Å². The van der Waals surface area contributed by atoms with Crippen LogP contribution >= 0.6 is 0 Å². The van der Waals surface area contributed by atoms with Crippen LogP contribution in [0.5, 0.6) is 0 Å². The Balaban J connectivity index is 1.35. The summed E-state index contributed by atoms with van der Waals surface area (Å²) >= 11 is 0. The normalized spacial score (nSPS) is 41.4. The number of fused-ring (bicyclic) bond motifs is 3. The molecule has 2 aromatic rings. The Bertz CT molecular complexity index is 1730. The van der Waals surface area contributed by atoms with Crippen LogP contribution in [0.15, 0.2) is 48.3 Å². The third-order valence-electron chi connectivity index (χ3n) is 17.3. The molecule has 3 saturated carbocycles. The zero-order valence-corrected chi connectivity index (χ0v) is 34.5.